The van der Waals surface area contributed by atoms with Gasteiger partial charge in [0.1, 0.15) is 0 Å². The number of nitrogens with zero attached hydrogens (tertiary/aromatic N) is 1. The van der Waals surface area contributed by atoms with Gasteiger partial charge in [-0.05, 0) is 49.0 Å². The lowest BCUT2D eigenvalue weighted by atomic mass is 9.91. The highest BCUT2D eigenvalue weighted by atomic mass is 35.5. The van der Waals surface area contributed by atoms with Crippen LogP contribution in [-0.2, 0) is 0 Å². The highest BCUT2D eigenvalue weighted by Crippen LogP contribution is 2.29. The van der Waals surface area contributed by atoms with Crippen molar-refractivity contribution in [2.45, 2.75) is 46.6 Å². The fourth-order valence-electron chi connectivity index (χ4n) is 2.67. The molecule has 0 amide bonds. The molecule has 2 nitrogen and oxygen atoms in total. The van der Waals surface area contributed by atoms with Crippen molar-refractivity contribution in [3.05, 3.63) is 34.9 Å². The summed E-state index contributed by atoms with van der Waals surface area (Å²) < 4.78 is 0. The predicted octanol–water partition coefficient (Wildman–Crippen LogP) is 4.49. The molecule has 1 atom stereocenters. The molecule has 1 rings (SSSR count). The molecule has 0 aliphatic heterocycles. The second-order valence-electron chi connectivity index (χ2n) is 6.32. The second kappa shape index (κ2) is 8.02. The molecular weight excluding hydrogens is 268 g/mol. The van der Waals surface area contributed by atoms with E-state index in [1.165, 1.54) is 5.56 Å². The minimum absolute atomic E-state index is 0.140. The fourth-order valence-corrected chi connectivity index (χ4v) is 2.86. The van der Waals surface area contributed by atoms with Crippen molar-refractivity contribution in [3.63, 3.8) is 0 Å². The standard InChI is InChI=1S/C17H29ClN2/c1-5-10-20(13-17(3,4)12-19)16(6-2)14-8-7-9-15(18)11-14/h7-9,11,16H,5-6,10,12-13,19H2,1-4H3. The van der Waals surface area contributed by atoms with E-state index in [0.29, 0.717) is 12.6 Å². The Hall–Kier alpha value is -0.570. The van der Waals surface area contributed by atoms with Crippen LogP contribution in [0.1, 0.15) is 52.1 Å². The van der Waals surface area contributed by atoms with E-state index in [1.54, 1.807) is 0 Å². The van der Waals surface area contributed by atoms with Crippen LogP contribution in [0, 0.1) is 5.41 Å². The summed E-state index contributed by atoms with van der Waals surface area (Å²) in [5, 5.41) is 0.815. The van der Waals surface area contributed by atoms with Gasteiger partial charge in [0.2, 0.25) is 0 Å². The van der Waals surface area contributed by atoms with Crippen molar-refractivity contribution in [3.8, 4) is 0 Å². The Balaban J connectivity index is 2.97. The van der Waals surface area contributed by atoms with Crippen LogP contribution in [-0.4, -0.2) is 24.5 Å². The van der Waals surface area contributed by atoms with Crippen molar-refractivity contribution in [2.75, 3.05) is 19.6 Å². The van der Waals surface area contributed by atoms with E-state index in [1.807, 2.05) is 12.1 Å². The molecule has 1 aromatic rings. The topological polar surface area (TPSA) is 29.3 Å². The summed E-state index contributed by atoms with van der Waals surface area (Å²) in [6.07, 6.45) is 2.23. The number of rotatable bonds is 8. The van der Waals surface area contributed by atoms with Gasteiger partial charge in [0.15, 0.2) is 0 Å². The molecule has 0 heterocycles. The minimum atomic E-state index is 0.140. The molecule has 1 aromatic carbocycles. The van der Waals surface area contributed by atoms with Crippen LogP contribution in [0.25, 0.3) is 0 Å². The zero-order valence-corrected chi connectivity index (χ0v) is 14.1. The smallest absolute Gasteiger partial charge is 0.0409 e. The lowest BCUT2D eigenvalue weighted by Crippen LogP contribution is -2.41. The molecule has 3 heteroatoms. The SMILES string of the molecule is CCCN(CC(C)(C)CN)C(CC)c1cccc(Cl)c1. The van der Waals surface area contributed by atoms with E-state index in [9.17, 15) is 0 Å². The maximum atomic E-state index is 6.15. The molecule has 0 aliphatic carbocycles. The molecule has 0 saturated carbocycles. The van der Waals surface area contributed by atoms with E-state index in [4.69, 9.17) is 17.3 Å². The van der Waals surface area contributed by atoms with Crippen LogP contribution in [0.2, 0.25) is 5.02 Å². The molecule has 1 unspecified atom stereocenters. The quantitative estimate of drug-likeness (QED) is 0.766. The molecule has 0 fully saturated rings. The summed E-state index contributed by atoms with van der Waals surface area (Å²) in [6.45, 7) is 11.8. The Labute approximate surface area is 129 Å². The normalized spacial score (nSPS) is 13.8. The van der Waals surface area contributed by atoms with Crippen LogP contribution in [0.15, 0.2) is 24.3 Å². The van der Waals surface area contributed by atoms with Gasteiger partial charge in [-0.1, -0.05) is 51.4 Å². The van der Waals surface area contributed by atoms with Gasteiger partial charge < -0.3 is 5.73 Å². The molecule has 0 aliphatic rings. The maximum absolute atomic E-state index is 6.15. The first-order chi connectivity index (χ1) is 9.43. The summed E-state index contributed by atoms with van der Waals surface area (Å²) in [6, 6.07) is 8.66. The molecule has 0 radical (unpaired) electrons. The van der Waals surface area contributed by atoms with Crippen LogP contribution in [0.4, 0.5) is 0 Å². The first-order valence-corrected chi connectivity index (χ1v) is 8.01. The van der Waals surface area contributed by atoms with Gasteiger partial charge >= 0.3 is 0 Å². The molecular formula is C17H29ClN2. The number of benzene rings is 1. The second-order valence-corrected chi connectivity index (χ2v) is 6.75. The van der Waals surface area contributed by atoms with E-state index in [-0.39, 0.29) is 5.41 Å². The fraction of sp³-hybridized carbons (Fsp3) is 0.647. The van der Waals surface area contributed by atoms with Gasteiger partial charge in [-0.15, -0.1) is 0 Å². The summed E-state index contributed by atoms with van der Waals surface area (Å²) in [5.74, 6) is 0. The minimum Gasteiger partial charge on any atom is -0.330 e. The van der Waals surface area contributed by atoms with Gasteiger partial charge in [0.05, 0.1) is 0 Å². The van der Waals surface area contributed by atoms with Crippen LogP contribution >= 0.6 is 11.6 Å². The van der Waals surface area contributed by atoms with E-state index >= 15 is 0 Å². The van der Waals surface area contributed by atoms with E-state index < -0.39 is 0 Å². The van der Waals surface area contributed by atoms with Crippen molar-refractivity contribution in [2.24, 2.45) is 11.1 Å². The summed E-state index contributed by atoms with van der Waals surface area (Å²) in [7, 11) is 0. The Morgan fingerprint density at radius 1 is 1.30 bits per heavy atom. The number of hydrogen-bond acceptors (Lipinski definition) is 2. The maximum Gasteiger partial charge on any atom is 0.0409 e. The van der Waals surface area contributed by atoms with Crippen LogP contribution in [0.3, 0.4) is 0 Å². The summed E-state index contributed by atoms with van der Waals surface area (Å²) >= 11 is 6.15. The number of halogens is 1. The lowest BCUT2D eigenvalue weighted by Gasteiger charge is -2.37. The van der Waals surface area contributed by atoms with Crippen molar-refractivity contribution < 1.29 is 0 Å². The monoisotopic (exact) mass is 296 g/mol. The van der Waals surface area contributed by atoms with Gasteiger partial charge in [0.25, 0.3) is 0 Å². The molecule has 0 saturated heterocycles. The van der Waals surface area contributed by atoms with Gasteiger partial charge in [-0.2, -0.15) is 0 Å². The first-order valence-electron chi connectivity index (χ1n) is 7.63. The molecule has 0 bridgehead atoms. The molecule has 0 spiro atoms. The lowest BCUT2D eigenvalue weighted by molar-refractivity contribution is 0.128. The highest BCUT2D eigenvalue weighted by Gasteiger charge is 2.25. The summed E-state index contributed by atoms with van der Waals surface area (Å²) in [5.41, 5.74) is 7.35. The van der Waals surface area contributed by atoms with Gasteiger partial charge in [-0.3, -0.25) is 4.90 Å². The third-order valence-corrected chi connectivity index (χ3v) is 3.99. The van der Waals surface area contributed by atoms with Crippen molar-refractivity contribution >= 4 is 11.6 Å². The average molecular weight is 297 g/mol. The highest BCUT2D eigenvalue weighted by molar-refractivity contribution is 6.30. The zero-order valence-electron chi connectivity index (χ0n) is 13.3. The first kappa shape index (κ1) is 17.5. The molecule has 114 valence electrons. The Kier molecular flexibility index (Phi) is 7.01. The number of nitrogens with two attached hydrogens (primary N) is 1. The Bertz CT molecular complexity index is 404. The predicted molar refractivity (Wildman–Crippen MR) is 89.2 cm³/mol. The van der Waals surface area contributed by atoms with Crippen molar-refractivity contribution in [1.82, 2.24) is 4.90 Å². The van der Waals surface area contributed by atoms with E-state index in [2.05, 4.69) is 44.7 Å². The number of hydrogen-bond donors (Lipinski definition) is 1. The van der Waals surface area contributed by atoms with Crippen LogP contribution < -0.4 is 5.73 Å². The van der Waals surface area contributed by atoms with Crippen LogP contribution in [0.5, 0.6) is 0 Å². The van der Waals surface area contributed by atoms with Gasteiger partial charge in [-0.25, -0.2) is 0 Å². The third-order valence-electron chi connectivity index (χ3n) is 3.76. The zero-order chi connectivity index (χ0) is 15.2. The largest absolute Gasteiger partial charge is 0.330 e. The Morgan fingerprint density at radius 2 is 2.00 bits per heavy atom. The molecule has 0 aromatic heterocycles. The van der Waals surface area contributed by atoms with Crippen molar-refractivity contribution in [1.29, 1.82) is 0 Å². The van der Waals surface area contributed by atoms with Gasteiger partial charge in [0, 0.05) is 17.6 Å². The molecule has 20 heavy (non-hydrogen) atoms. The summed E-state index contributed by atoms with van der Waals surface area (Å²) in [4.78, 5) is 2.55. The average Bonchev–Trinajstić information content (AvgIpc) is 2.39. The van der Waals surface area contributed by atoms with E-state index in [0.717, 1.165) is 31.0 Å². The Morgan fingerprint density at radius 3 is 2.50 bits per heavy atom. The third kappa shape index (κ3) is 5.08. The molecule has 2 N–H and O–H groups in total.